The predicted molar refractivity (Wildman–Crippen MR) is 87.5 cm³/mol. The summed E-state index contributed by atoms with van der Waals surface area (Å²) in [4.78, 5) is 6.80. The van der Waals surface area contributed by atoms with Crippen LogP contribution in [0.25, 0.3) is 16.7 Å². The van der Waals surface area contributed by atoms with Gasteiger partial charge in [-0.1, -0.05) is 30.3 Å². The first-order chi connectivity index (χ1) is 10.8. The smallest absolute Gasteiger partial charge is 0.257 e. The van der Waals surface area contributed by atoms with Crippen molar-refractivity contribution in [3.05, 3.63) is 60.4 Å². The lowest BCUT2D eigenvalue weighted by Gasteiger charge is -2.22. The van der Waals surface area contributed by atoms with Crippen molar-refractivity contribution in [3.8, 4) is 0 Å². The van der Waals surface area contributed by atoms with E-state index in [9.17, 15) is 0 Å². The largest absolute Gasteiger partial charge is 0.329 e. The molecule has 108 valence electrons. The summed E-state index contributed by atoms with van der Waals surface area (Å²) < 4.78 is 1.91. The van der Waals surface area contributed by atoms with Gasteiger partial charge in [0.2, 0.25) is 0 Å². The van der Waals surface area contributed by atoms with Crippen molar-refractivity contribution in [2.45, 2.75) is 6.92 Å². The molecule has 4 rings (SSSR count). The summed E-state index contributed by atoms with van der Waals surface area (Å²) in [7, 11) is 2.03. The van der Waals surface area contributed by atoms with Gasteiger partial charge in [-0.25, -0.2) is 0 Å². The average molecular weight is 289 g/mol. The van der Waals surface area contributed by atoms with E-state index in [1.165, 1.54) is 5.56 Å². The Labute approximate surface area is 127 Å². The first-order valence-corrected chi connectivity index (χ1v) is 7.13. The molecule has 0 radical (unpaired) electrons. The minimum absolute atomic E-state index is 0.606. The zero-order chi connectivity index (χ0) is 15.1. The number of aromatic nitrogens is 4. The van der Waals surface area contributed by atoms with Crippen LogP contribution in [0, 0.1) is 6.92 Å². The van der Waals surface area contributed by atoms with Crippen LogP contribution in [-0.4, -0.2) is 26.6 Å². The highest BCUT2D eigenvalue weighted by atomic mass is 15.3. The molecule has 0 saturated heterocycles. The molecule has 0 aliphatic rings. The Morgan fingerprint density at radius 3 is 2.64 bits per heavy atom. The summed E-state index contributed by atoms with van der Waals surface area (Å²) in [6.45, 7) is 2.10. The van der Waals surface area contributed by atoms with Gasteiger partial charge >= 0.3 is 0 Å². The Morgan fingerprint density at radius 1 is 1.00 bits per heavy atom. The fraction of sp³-hybridized carbons (Fsp3) is 0.118. The van der Waals surface area contributed by atoms with Crippen LogP contribution in [0.3, 0.4) is 0 Å². The number of hydrogen-bond acceptors (Lipinski definition) is 4. The lowest BCUT2D eigenvalue weighted by molar-refractivity contribution is 1.08. The molecule has 5 nitrogen and oxygen atoms in total. The molecular formula is C17H15N5. The van der Waals surface area contributed by atoms with Gasteiger partial charge in [0.25, 0.3) is 5.78 Å². The summed E-state index contributed by atoms with van der Waals surface area (Å²) in [5.74, 6) is 1.49. The summed E-state index contributed by atoms with van der Waals surface area (Å²) >= 11 is 0. The maximum atomic E-state index is 4.70. The van der Waals surface area contributed by atoms with Gasteiger partial charge in [-0.15, -0.1) is 10.2 Å². The Hall–Kier alpha value is -2.95. The number of rotatable bonds is 2. The van der Waals surface area contributed by atoms with Crippen molar-refractivity contribution in [1.82, 2.24) is 19.6 Å². The van der Waals surface area contributed by atoms with E-state index in [2.05, 4.69) is 46.3 Å². The van der Waals surface area contributed by atoms with Crippen LogP contribution in [0.5, 0.6) is 0 Å². The van der Waals surface area contributed by atoms with Crippen molar-refractivity contribution in [2.24, 2.45) is 0 Å². The summed E-state index contributed by atoms with van der Waals surface area (Å²) in [6, 6.07) is 16.4. The van der Waals surface area contributed by atoms with Crippen molar-refractivity contribution < 1.29 is 0 Å². The number of benzene rings is 2. The number of nitrogens with zero attached hydrogens (tertiary/aromatic N) is 5. The molecule has 0 unspecified atom stereocenters. The van der Waals surface area contributed by atoms with Gasteiger partial charge in [-0.2, -0.15) is 4.98 Å². The quantitative estimate of drug-likeness (QED) is 0.567. The van der Waals surface area contributed by atoms with Crippen molar-refractivity contribution in [1.29, 1.82) is 0 Å². The van der Waals surface area contributed by atoms with Crippen LogP contribution in [0.4, 0.5) is 11.5 Å². The molecular weight excluding hydrogens is 274 g/mol. The SMILES string of the molecule is Cc1ccccc1N(C)c1nc2nncn2c2ccccc12. The standard InChI is InChI=1S/C17H15N5/c1-12-7-3-5-9-14(12)21(2)16-13-8-4-6-10-15(13)22-11-18-20-17(22)19-16/h3-11H,1-2H3. The van der Waals surface area contributed by atoms with Crippen LogP contribution in [0.2, 0.25) is 0 Å². The van der Waals surface area contributed by atoms with Gasteiger partial charge < -0.3 is 4.90 Å². The Kier molecular flexibility index (Phi) is 2.79. The first kappa shape index (κ1) is 12.8. The molecule has 0 spiro atoms. The molecule has 2 heterocycles. The third-order valence-electron chi connectivity index (χ3n) is 3.93. The van der Waals surface area contributed by atoms with Crippen LogP contribution < -0.4 is 4.90 Å². The summed E-state index contributed by atoms with van der Waals surface area (Å²) in [6.07, 6.45) is 1.70. The molecule has 0 saturated carbocycles. The normalized spacial score (nSPS) is 11.2. The fourth-order valence-electron chi connectivity index (χ4n) is 2.81. The van der Waals surface area contributed by atoms with E-state index in [4.69, 9.17) is 4.98 Å². The number of para-hydroxylation sites is 2. The second-order valence-electron chi connectivity index (χ2n) is 5.30. The topological polar surface area (TPSA) is 46.3 Å². The molecule has 0 amide bonds. The van der Waals surface area contributed by atoms with E-state index in [1.807, 2.05) is 35.7 Å². The van der Waals surface area contributed by atoms with Gasteiger partial charge in [-0.05, 0) is 30.7 Å². The Balaban J connectivity index is 2.02. The molecule has 22 heavy (non-hydrogen) atoms. The van der Waals surface area contributed by atoms with Crippen LogP contribution in [-0.2, 0) is 0 Å². The summed E-state index contributed by atoms with van der Waals surface area (Å²) in [5, 5.41) is 9.15. The average Bonchev–Trinajstić information content (AvgIpc) is 3.03. The first-order valence-electron chi connectivity index (χ1n) is 7.13. The maximum Gasteiger partial charge on any atom is 0.257 e. The number of hydrogen-bond donors (Lipinski definition) is 0. The number of anilines is 2. The highest BCUT2D eigenvalue weighted by molar-refractivity contribution is 5.93. The van der Waals surface area contributed by atoms with E-state index < -0.39 is 0 Å². The molecule has 5 heteroatoms. The molecule has 2 aromatic carbocycles. The van der Waals surface area contributed by atoms with Gasteiger partial charge in [0, 0.05) is 18.1 Å². The third-order valence-corrected chi connectivity index (χ3v) is 3.93. The van der Waals surface area contributed by atoms with E-state index in [1.54, 1.807) is 6.33 Å². The molecule has 0 aliphatic carbocycles. The molecule has 0 aliphatic heterocycles. The van der Waals surface area contributed by atoms with E-state index in [0.29, 0.717) is 5.78 Å². The summed E-state index contributed by atoms with van der Waals surface area (Å²) in [5.41, 5.74) is 3.38. The molecule has 4 aromatic rings. The van der Waals surface area contributed by atoms with Gasteiger partial charge in [0.1, 0.15) is 12.1 Å². The maximum absolute atomic E-state index is 4.70. The van der Waals surface area contributed by atoms with Crippen LogP contribution >= 0.6 is 0 Å². The Bertz CT molecular complexity index is 973. The lowest BCUT2D eigenvalue weighted by Crippen LogP contribution is -2.14. The second kappa shape index (κ2) is 4.80. The molecule has 0 fully saturated rings. The van der Waals surface area contributed by atoms with Crippen molar-refractivity contribution in [2.75, 3.05) is 11.9 Å². The highest BCUT2D eigenvalue weighted by Crippen LogP contribution is 2.31. The number of fused-ring (bicyclic) bond motifs is 3. The predicted octanol–water partition coefficient (Wildman–Crippen LogP) is 3.35. The molecule has 0 N–H and O–H groups in total. The zero-order valence-electron chi connectivity index (χ0n) is 12.4. The van der Waals surface area contributed by atoms with Gasteiger partial charge in [0.15, 0.2) is 0 Å². The Morgan fingerprint density at radius 2 is 1.77 bits per heavy atom. The monoisotopic (exact) mass is 289 g/mol. The highest BCUT2D eigenvalue weighted by Gasteiger charge is 2.14. The van der Waals surface area contributed by atoms with E-state index >= 15 is 0 Å². The van der Waals surface area contributed by atoms with Crippen LogP contribution in [0.1, 0.15) is 5.56 Å². The van der Waals surface area contributed by atoms with Gasteiger partial charge in [-0.3, -0.25) is 4.40 Å². The molecule has 0 bridgehead atoms. The minimum atomic E-state index is 0.606. The second-order valence-corrected chi connectivity index (χ2v) is 5.30. The lowest BCUT2D eigenvalue weighted by atomic mass is 10.1. The zero-order valence-corrected chi connectivity index (χ0v) is 12.4. The molecule has 2 aromatic heterocycles. The van der Waals surface area contributed by atoms with Crippen LogP contribution in [0.15, 0.2) is 54.9 Å². The van der Waals surface area contributed by atoms with Crippen molar-refractivity contribution >= 4 is 28.2 Å². The number of aryl methyl sites for hydroxylation is 1. The minimum Gasteiger partial charge on any atom is -0.329 e. The van der Waals surface area contributed by atoms with Crippen molar-refractivity contribution in [3.63, 3.8) is 0 Å². The van der Waals surface area contributed by atoms with Gasteiger partial charge in [0.05, 0.1) is 5.52 Å². The van der Waals surface area contributed by atoms with E-state index in [0.717, 1.165) is 22.4 Å². The molecule has 0 atom stereocenters. The third kappa shape index (κ3) is 1.83. The van der Waals surface area contributed by atoms with E-state index in [-0.39, 0.29) is 0 Å². The fourth-order valence-corrected chi connectivity index (χ4v) is 2.81.